The highest BCUT2D eigenvalue weighted by molar-refractivity contribution is 6.28. The quantitative estimate of drug-likeness (QED) is 0.814. The molecule has 84 valence electrons. The molecule has 0 amide bonds. The minimum Gasteiger partial charge on any atom is -0.467 e. The molecule has 0 saturated heterocycles. The average Bonchev–Trinajstić information content (AvgIpc) is 2.59. The SMILES string of the molecule is COc1nc(Cl)nn1-c1c(F)cccc1F. The van der Waals surface area contributed by atoms with Crippen LogP contribution in [-0.4, -0.2) is 21.9 Å². The average molecular weight is 246 g/mol. The number of benzene rings is 1. The van der Waals surface area contributed by atoms with E-state index in [1.807, 2.05) is 0 Å². The molecule has 7 heteroatoms. The minimum atomic E-state index is -0.778. The van der Waals surface area contributed by atoms with Gasteiger partial charge in [0.05, 0.1) is 7.11 Å². The van der Waals surface area contributed by atoms with Crippen molar-refractivity contribution in [3.8, 4) is 11.7 Å². The van der Waals surface area contributed by atoms with Crippen molar-refractivity contribution in [3.63, 3.8) is 0 Å². The molecule has 0 saturated carbocycles. The number of rotatable bonds is 2. The molecule has 0 radical (unpaired) electrons. The lowest BCUT2D eigenvalue weighted by atomic mass is 10.3. The summed E-state index contributed by atoms with van der Waals surface area (Å²) < 4.78 is 32.5. The second kappa shape index (κ2) is 4.05. The zero-order valence-electron chi connectivity index (χ0n) is 8.12. The second-order valence-corrected chi connectivity index (χ2v) is 3.19. The largest absolute Gasteiger partial charge is 0.467 e. The van der Waals surface area contributed by atoms with Crippen LogP contribution >= 0.6 is 11.6 Å². The van der Waals surface area contributed by atoms with Crippen LogP contribution in [-0.2, 0) is 0 Å². The molecule has 2 rings (SSSR count). The van der Waals surface area contributed by atoms with Crippen molar-refractivity contribution in [1.29, 1.82) is 0 Å². The fourth-order valence-corrected chi connectivity index (χ4v) is 1.39. The summed E-state index contributed by atoms with van der Waals surface area (Å²) in [6.07, 6.45) is 0. The summed E-state index contributed by atoms with van der Waals surface area (Å²) >= 11 is 5.53. The first-order chi connectivity index (χ1) is 7.63. The highest BCUT2D eigenvalue weighted by Crippen LogP contribution is 2.22. The van der Waals surface area contributed by atoms with Crippen LogP contribution in [0.2, 0.25) is 5.28 Å². The van der Waals surface area contributed by atoms with E-state index in [0.717, 1.165) is 16.8 Å². The standard InChI is InChI=1S/C9H6ClF2N3O/c1-16-9-13-8(10)14-15(9)7-5(11)3-2-4-6(7)12/h2-4H,1H3. The summed E-state index contributed by atoms with van der Waals surface area (Å²) in [5, 5.41) is 3.49. The molecule has 0 N–H and O–H groups in total. The van der Waals surface area contributed by atoms with Crippen LogP contribution in [0, 0.1) is 11.6 Å². The Morgan fingerprint density at radius 1 is 1.31 bits per heavy atom. The highest BCUT2D eigenvalue weighted by Gasteiger charge is 2.17. The molecule has 0 bridgehead atoms. The third-order valence-electron chi connectivity index (χ3n) is 1.88. The Hall–Kier alpha value is -1.69. The molecule has 0 fully saturated rings. The van der Waals surface area contributed by atoms with Gasteiger partial charge in [0.1, 0.15) is 5.69 Å². The normalized spacial score (nSPS) is 10.5. The first kappa shape index (κ1) is 10.8. The van der Waals surface area contributed by atoms with Crippen molar-refractivity contribution >= 4 is 11.6 Å². The van der Waals surface area contributed by atoms with Gasteiger partial charge in [-0.1, -0.05) is 6.07 Å². The third kappa shape index (κ3) is 1.71. The van der Waals surface area contributed by atoms with Gasteiger partial charge in [-0.3, -0.25) is 0 Å². The fourth-order valence-electron chi connectivity index (χ4n) is 1.24. The molecule has 0 unspecified atom stereocenters. The lowest BCUT2D eigenvalue weighted by Crippen LogP contribution is -2.05. The van der Waals surface area contributed by atoms with Crippen LogP contribution in [0.3, 0.4) is 0 Å². The summed E-state index contributed by atoms with van der Waals surface area (Å²) in [6, 6.07) is 3.37. The van der Waals surface area contributed by atoms with Gasteiger partial charge in [0, 0.05) is 0 Å². The van der Waals surface area contributed by atoms with E-state index in [1.54, 1.807) is 0 Å². The number of aromatic nitrogens is 3. The molecule has 1 aromatic heterocycles. The molecule has 0 aliphatic rings. The number of methoxy groups -OCH3 is 1. The van der Waals surface area contributed by atoms with Gasteiger partial charge in [-0.2, -0.15) is 9.67 Å². The molecule has 1 aromatic carbocycles. The van der Waals surface area contributed by atoms with Crippen molar-refractivity contribution in [2.45, 2.75) is 0 Å². The van der Waals surface area contributed by atoms with Gasteiger partial charge in [-0.25, -0.2) is 8.78 Å². The van der Waals surface area contributed by atoms with E-state index >= 15 is 0 Å². The van der Waals surface area contributed by atoms with Crippen LogP contribution in [0.15, 0.2) is 18.2 Å². The summed E-state index contributed by atoms with van der Waals surface area (Å²) in [5.41, 5.74) is -0.376. The van der Waals surface area contributed by atoms with Gasteiger partial charge in [-0.15, -0.1) is 5.10 Å². The van der Waals surface area contributed by atoms with E-state index in [2.05, 4.69) is 10.1 Å². The van der Waals surface area contributed by atoms with E-state index in [9.17, 15) is 8.78 Å². The van der Waals surface area contributed by atoms with E-state index < -0.39 is 11.6 Å². The van der Waals surface area contributed by atoms with Gasteiger partial charge in [0.2, 0.25) is 5.28 Å². The van der Waals surface area contributed by atoms with Crippen LogP contribution < -0.4 is 4.74 Å². The Morgan fingerprint density at radius 3 is 2.50 bits per heavy atom. The van der Waals surface area contributed by atoms with Gasteiger partial charge in [0.15, 0.2) is 11.6 Å². The topological polar surface area (TPSA) is 39.9 Å². The Balaban J connectivity index is 2.66. The molecule has 0 spiro atoms. The van der Waals surface area contributed by atoms with Crippen molar-refractivity contribution in [2.24, 2.45) is 0 Å². The third-order valence-corrected chi connectivity index (χ3v) is 2.04. The number of nitrogens with zero attached hydrogens (tertiary/aromatic N) is 3. The Labute approximate surface area is 94.4 Å². The summed E-state index contributed by atoms with van der Waals surface area (Å²) in [5.74, 6) is -1.56. The van der Waals surface area contributed by atoms with E-state index in [0.29, 0.717) is 0 Å². The van der Waals surface area contributed by atoms with Crippen molar-refractivity contribution in [2.75, 3.05) is 7.11 Å². The number of hydrogen-bond donors (Lipinski definition) is 0. The second-order valence-electron chi connectivity index (χ2n) is 2.85. The van der Waals surface area contributed by atoms with E-state index in [1.165, 1.54) is 13.2 Å². The van der Waals surface area contributed by atoms with Crippen LogP contribution in [0.5, 0.6) is 6.01 Å². The fraction of sp³-hybridized carbons (Fsp3) is 0.111. The van der Waals surface area contributed by atoms with Gasteiger partial charge in [0.25, 0.3) is 0 Å². The number of hydrogen-bond acceptors (Lipinski definition) is 3. The molecular formula is C9H6ClF2N3O. The van der Waals surface area contributed by atoms with Gasteiger partial charge in [-0.05, 0) is 23.7 Å². The van der Waals surface area contributed by atoms with Gasteiger partial charge < -0.3 is 4.74 Å². The molecule has 0 aliphatic carbocycles. The summed E-state index contributed by atoms with van der Waals surface area (Å²) in [7, 11) is 1.30. The van der Waals surface area contributed by atoms with Gasteiger partial charge >= 0.3 is 6.01 Å². The maximum atomic E-state index is 13.4. The monoisotopic (exact) mass is 245 g/mol. The molecule has 16 heavy (non-hydrogen) atoms. The molecule has 0 atom stereocenters. The maximum Gasteiger partial charge on any atom is 0.320 e. The number of halogens is 3. The molecule has 0 aliphatic heterocycles. The van der Waals surface area contributed by atoms with Crippen LogP contribution in [0.1, 0.15) is 0 Å². The molecule has 1 heterocycles. The van der Waals surface area contributed by atoms with E-state index in [4.69, 9.17) is 16.3 Å². The first-order valence-electron chi connectivity index (χ1n) is 4.24. The summed E-state index contributed by atoms with van der Waals surface area (Å²) in [6.45, 7) is 0. The summed E-state index contributed by atoms with van der Waals surface area (Å²) in [4.78, 5) is 3.65. The predicted octanol–water partition coefficient (Wildman–Crippen LogP) is 2.21. The zero-order chi connectivity index (χ0) is 11.7. The molecule has 2 aromatic rings. The van der Waals surface area contributed by atoms with Crippen LogP contribution in [0.4, 0.5) is 8.78 Å². The van der Waals surface area contributed by atoms with Crippen molar-refractivity contribution in [3.05, 3.63) is 35.1 Å². The van der Waals surface area contributed by atoms with Crippen LogP contribution in [0.25, 0.3) is 5.69 Å². The maximum absolute atomic E-state index is 13.4. The number of para-hydroxylation sites is 1. The van der Waals surface area contributed by atoms with Crippen molar-refractivity contribution < 1.29 is 13.5 Å². The Kier molecular flexibility index (Phi) is 2.74. The lowest BCUT2D eigenvalue weighted by Gasteiger charge is -2.05. The smallest absolute Gasteiger partial charge is 0.320 e. The molecular weight excluding hydrogens is 240 g/mol. The van der Waals surface area contributed by atoms with Crippen molar-refractivity contribution in [1.82, 2.24) is 14.8 Å². The minimum absolute atomic E-state index is 0.0889. The lowest BCUT2D eigenvalue weighted by molar-refractivity contribution is 0.364. The molecule has 4 nitrogen and oxygen atoms in total. The Morgan fingerprint density at radius 2 is 1.94 bits per heavy atom. The highest BCUT2D eigenvalue weighted by atomic mass is 35.5. The Bertz CT molecular complexity index is 509. The zero-order valence-corrected chi connectivity index (χ0v) is 8.87. The predicted molar refractivity (Wildman–Crippen MR) is 52.8 cm³/mol. The van der Waals surface area contributed by atoms with E-state index in [-0.39, 0.29) is 17.0 Å². The first-order valence-corrected chi connectivity index (χ1v) is 4.62. The number of ether oxygens (including phenoxy) is 1.